The number of benzene rings is 1. The second kappa shape index (κ2) is 7.46. The van der Waals surface area contributed by atoms with Gasteiger partial charge in [0.25, 0.3) is 0 Å². The molecule has 2 heteroatoms. The molecule has 1 unspecified atom stereocenters. The molecule has 1 N–H and O–H groups in total. The summed E-state index contributed by atoms with van der Waals surface area (Å²) in [6.07, 6.45) is 3.38. The summed E-state index contributed by atoms with van der Waals surface area (Å²) in [6.45, 7) is 5.18. The van der Waals surface area contributed by atoms with E-state index in [1.165, 1.54) is 16.7 Å². The smallest absolute Gasteiger partial charge is 0.0462 e. The van der Waals surface area contributed by atoms with Gasteiger partial charge in [-0.1, -0.05) is 29.3 Å². The molecule has 0 heterocycles. The highest BCUT2D eigenvalue weighted by atomic mass is 16.5. The zero-order chi connectivity index (χ0) is 12.7. The maximum atomic E-state index is 5.10. The molecule has 0 radical (unpaired) electrons. The van der Waals surface area contributed by atoms with Gasteiger partial charge in [0.15, 0.2) is 0 Å². The van der Waals surface area contributed by atoms with Crippen molar-refractivity contribution in [3.63, 3.8) is 0 Å². The molecule has 0 aliphatic rings. The zero-order valence-corrected chi connectivity index (χ0v) is 11.5. The number of aryl methyl sites for hydroxylation is 2. The van der Waals surface area contributed by atoms with Gasteiger partial charge < -0.3 is 10.1 Å². The minimum Gasteiger partial charge on any atom is -0.385 e. The first kappa shape index (κ1) is 14.2. The molecule has 0 saturated heterocycles. The monoisotopic (exact) mass is 235 g/mol. The van der Waals surface area contributed by atoms with E-state index in [-0.39, 0.29) is 0 Å². The lowest BCUT2D eigenvalue weighted by atomic mass is 9.99. The Hall–Kier alpha value is -0.860. The SMILES string of the molecule is CNC(CCCOC)Cc1cc(C)cc(C)c1. The zero-order valence-electron chi connectivity index (χ0n) is 11.5. The van der Waals surface area contributed by atoms with Gasteiger partial charge in [0.1, 0.15) is 0 Å². The first-order valence-corrected chi connectivity index (χ1v) is 6.39. The minimum absolute atomic E-state index is 0.548. The van der Waals surface area contributed by atoms with Gasteiger partial charge in [-0.3, -0.25) is 0 Å². The third kappa shape index (κ3) is 5.33. The van der Waals surface area contributed by atoms with Crippen LogP contribution in [0.3, 0.4) is 0 Å². The van der Waals surface area contributed by atoms with Crippen molar-refractivity contribution in [1.29, 1.82) is 0 Å². The molecule has 1 rings (SSSR count). The third-order valence-corrected chi connectivity index (χ3v) is 3.07. The van der Waals surface area contributed by atoms with E-state index in [0.717, 1.165) is 25.9 Å². The Morgan fingerprint density at radius 2 is 1.82 bits per heavy atom. The van der Waals surface area contributed by atoms with E-state index in [1.807, 2.05) is 7.05 Å². The average molecular weight is 235 g/mol. The molecule has 17 heavy (non-hydrogen) atoms. The molecule has 2 nitrogen and oxygen atoms in total. The van der Waals surface area contributed by atoms with Crippen LogP contribution in [-0.2, 0) is 11.2 Å². The Bertz CT molecular complexity index is 315. The molecule has 1 aromatic rings. The second-order valence-electron chi connectivity index (χ2n) is 4.82. The molecule has 96 valence electrons. The van der Waals surface area contributed by atoms with Crippen molar-refractivity contribution in [3.05, 3.63) is 34.9 Å². The summed E-state index contributed by atoms with van der Waals surface area (Å²) in [6, 6.07) is 7.34. The van der Waals surface area contributed by atoms with Crippen LogP contribution >= 0.6 is 0 Å². The molecule has 0 spiro atoms. The fourth-order valence-corrected chi connectivity index (χ4v) is 2.29. The Labute approximate surface area is 105 Å². The van der Waals surface area contributed by atoms with Crippen molar-refractivity contribution in [2.24, 2.45) is 0 Å². The summed E-state index contributed by atoms with van der Waals surface area (Å²) in [5, 5.41) is 3.39. The molecule has 1 atom stereocenters. The Kier molecular flexibility index (Phi) is 6.23. The van der Waals surface area contributed by atoms with Crippen LogP contribution in [0.4, 0.5) is 0 Å². The summed E-state index contributed by atoms with van der Waals surface area (Å²) in [7, 11) is 3.80. The number of nitrogens with one attached hydrogen (secondary N) is 1. The van der Waals surface area contributed by atoms with E-state index >= 15 is 0 Å². The van der Waals surface area contributed by atoms with Crippen LogP contribution in [0.5, 0.6) is 0 Å². The number of rotatable bonds is 7. The van der Waals surface area contributed by atoms with Crippen molar-refractivity contribution in [3.8, 4) is 0 Å². The van der Waals surface area contributed by atoms with Crippen molar-refractivity contribution in [2.45, 2.75) is 39.2 Å². The fraction of sp³-hybridized carbons (Fsp3) is 0.600. The number of likely N-dealkylation sites (N-methyl/N-ethyl adjacent to an activating group) is 1. The van der Waals surface area contributed by atoms with Gasteiger partial charge in [-0.05, 0) is 45.7 Å². The summed E-state index contributed by atoms with van der Waals surface area (Å²) in [5.74, 6) is 0. The normalized spacial score (nSPS) is 12.7. The van der Waals surface area contributed by atoms with Crippen molar-refractivity contribution in [2.75, 3.05) is 20.8 Å². The Morgan fingerprint density at radius 3 is 2.35 bits per heavy atom. The number of hydrogen-bond donors (Lipinski definition) is 1. The number of ether oxygens (including phenoxy) is 1. The highest BCUT2D eigenvalue weighted by Gasteiger charge is 2.07. The van der Waals surface area contributed by atoms with Gasteiger partial charge in [-0.2, -0.15) is 0 Å². The van der Waals surface area contributed by atoms with Crippen molar-refractivity contribution in [1.82, 2.24) is 5.32 Å². The summed E-state index contributed by atoms with van der Waals surface area (Å²) >= 11 is 0. The maximum Gasteiger partial charge on any atom is 0.0462 e. The maximum absolute atomic E-state index is 5.10. The number of hydrogen-bond acceptors (Lipinski definition) is 2. The first-order valence-electron chi connectivity index (χ1n) is 6.39. The molecule has 0 bridgehead atoms. The van der Waals surface area contributed by atoms with Crippen molar-refractivity contribution >= 4 is 0 Å². The fourth-order valence-electron chi connectivity index (χ4n) is 2.29. The molecule has 0 fully saturated rings. The van der Waals surface area contributed by atoms with Crippen LogP contribution < -0.4 is 5.32 Å². The molecule has 0 saturated carbocycles. The van der Waals surface area contributed by atoms with E-state index in [2.05, 4.69) is 37.4 Å². The lowest BCUT2D eigenvalue weighted by molar-refractivity contribution is 0.189. The van der Waals surface area contributed by atoms with Gasteiger partial charge in [0, 0.05) is 19.8 Å². The lowest BCUT2D eigenvalue weighted by Gasteiger charge is -2.16. The second-order valence-corrected chi connectivity index (χ2v) is 4.82. The quantitative estimate of drug-likeness (QED) is 0.734. The van der Waals surface area contributed by atoms with Gasteiger partial charge in [0.2, 0.25) is 0 Å². The summed E-state index contributed by atoms with van der Waals surface area (Å²) in [4.78, 5) is 0. The van der Waals surface area contributed by atoms with Gasteiger partial charge >= 0.3 is 0 Å². The van der Waals surface area contributed by atoms with Gasteiger partial charge in [-0.25, -0.2) is 0 Å². The average Bonchev–Trinajstić information content (AvgIpc) is 2.26. The van der Waals surface area contributed by atoms with E-state index in [1.54, 1.807) is 7.11 Å². The third-order valence-electron chi connectivity index (χ3n) is 3.07. The molecular weight excluding hydrogens is 210 g/mol. The van der Waals surface area contributed by atoms with E-state index in [9.17, 15) is 0 Å². The Morgan fingerprint density at radius 1 is 1.18 bits per heavy atom. The number of methoxy groups -OCH3 is 1. The standard InChI is InChI=1S/C15H25NO/c1-12-8-13(2)10-14(9-12)11-15(16-3)6-5-7-17-4/h8-10,15-16H,5-7,11H2,1-4H3. The van der Waals surface area contributed by atoms with Gasteiger partial charge in [0.05, 0.1) is 0 Å². The predicted octanol–water partition coefficient (Wildman–Crippen LogP) is 2.86. The topological polar surface area (TPSA) is 21.3 Å². The predicted molar refractivity (Wildman–Crippen MR) is 73.6 cm³/mol. The van der Waals surface area contributed by atoms with E-state index in [4.69, 9.17) is 4.74 Å². The van der Waals surface area contributed by atoms with Crippen LogP contribution in [-0.4, -0.2) is 26.8 Å². The van der Waals surface area contributed by atoms with E-state index in [0.29, 0.717) is 6.04 Å². The van der Waals surface area contributed by atoms with Crippen LogP contribution in [0.15, 0.2) is 18.2 Å². The summed E-state index contributed by atoms with van der Waals surface area (Å²) in [5.41, 5.74) is 4.14. The molecule has 0 aliphatic carbocycles. The molecular formula is C15H25NO. The van der Waals surface area contributed by atoms with Crippen LogP contribution in [0, 0.1) is 13.8 Å². The van der Waals surface area contributed by atoms with Crippen LogP contribution in [0.25, 0.3) is 0 Å². The highest BCUT2D eigenvalue weighted by Crippen LogP contribution is 2.12. The van der Waals surface area contributed by atoms with E-state index < -0.39 is 0 Å². The molecule has 0 amide bonds. The molecule has 0 aromatic heterocycles. The highest BCUT2D eigenvalue weighted by molar-refractivity contribution is 5.29. The minimum atomic E-state index is 0.548. The Balaban J connectivity index is 2.54. The van der Waals surface area contributed by atoms with Crippen LogP contribution in [0.2, 0.25) is 0 Å². The molecule has 0 aliphatic heterocycles. The largest absolute Gasteiger partial charge is 0.385 e. The first-order chi connectivity index (χ1) is 8.15. The van der Waals surface area contributed by atoms with Gasteiger partial charge in [-0.15, -0.1) is 0 Å². The van der Waals surface area contributed by atoms with Crippen LogP contribution in [0.1, 0.15) is 29.5 Å². The molecule has 1 aromatic carbocycles. The lowest BCUT2D eigenvalue weighted by Crippen LogP contribution is -2.27. The summed E-state index contributed by atoms with van der Waals surface area (Å²) < 4.78 is 5.10. The van der Waals surface area contributed by atoms with Crippen molar-refractivity contribution < 1.29 is 4.74 Å².